The first-order chi connectivity index (χ1) is 8.60. The lowest BCUT2D eigenvalue weighted by Crippen LogP contribution is -2.37. The van der Waals surface area contributed by atoms with Gasteiger partial charge < -0.3 is 10.4 Å². The van der Waals surface area contributed by atoms with Crippen LogP contribution in [0.15, 0.2) is 18.2 Å². The zero-order chi connectivity index (χ0) is 13.1. The van der Waals surface area contributed by atoms with Crippen molar-refractivity contribution in [2.75, 3.05) is 6.54 Å². The molecule has 0 heterocycles. The largest absolute Gasteiger partial charge is 0.393 e. The van der Waals surface area contributed by atoms with Crippen LogP contribution in [0.2, 0.25) is 10.0 Å². The van der Waals surface area contributed by atoms with Crippen molar-refractivity contribution >= 4 is 23.2 Å². The number of nitrogens with one attached hydrogen (secondary N) is 1. The van der Waals surface area contributed by atoms with E-state index in [0.717, 1.165) is 25.8 Å². The second-order valence-electron chi connectivity index (χ2n) is 5.03. The number of hydrogen-bond donors (Lipinski definition) is 2. The Morgan fingerprint density at radius 2 is 2.06 bits per heavy atom. The molecule has 1 aromatic rings. The summed E-state index contributed by atoms with van der Waals surface area (Å²) in [6.45, 7) is 3.10. The zero-order valence-corrected chi connectivity index (χ0v) is 12.0. The molecule has 1 aromatic carbocycles. The van der Waals surface area contributed by atoms with Gasteiger partial charge >= 0.3 is 0 Å². The maximum absolute atomic E-state index is 9.26. The van der Waals surface area contributed by atoms with Crippen LogP contribution in [-0.2, 0) is 0 Å². The summed E-state index contributed by atoms with van der Waals surface area (Å²) in [6.07, 6.45) is 2.77. The fourth-order valence-electron chi connectivity index (χ4n) is 2.40. The number of rotatable bonds is 5. The highest BCUT2D eigenvalue weighted by Gasteiger charge is 2.27. The molecule has 0 amide bonds. The average molecular weight is 288 g/mol. The van der Waals surface area contributed by atoms with Gasteiger partial charge in [0.25, 0.3) is 0 Å². The van der Waals surface area contributed by atoms with E-state index in [2.05, 4.69) is 12.2 Å². The maximum atomic E-state index is 9.26. The van der Waals surface area contributed by atoms with Gasteiger partial charge in [-0.15, -0.1) is 0 Å². The summed E-state index contributed by atoms with van der Waals surface area (Å²) in [7, 11) is 0. The molecule has 4 heteroatoms. The second kappa shape index (κ2) is 6.25. The summed E-state index contributed by atoms with van der Waals surface area (Å²) in [5.74, 6) is 0.608. The molecule has 100 valence electrons. The van der Waals surface area contributed by atoms with Gasteiger partial charge in [0, 0.05) is 6.04 Å². The molecule has 1 atom stereocenters. The van der Waals surface area contributed by atoms with Crippen molar-refractivity contribution in [2.24, 2.45) is 5.92 Å². The topological polar surface area (TPSA) is 32.3 Å². The van der Waals surface area contributed by atoms with Crippen LogP contribution >= 0.6 is 23.2 Å². The van der Waals surface area contributed by atoms with Crippen LogP contribution in [-0.4, -0.2) is 17.8 Å². The lowest BCUT2D eigenvalue weighted by atomic mass is 9.82. The van der Waals surface area contributed by atoms with Gasteiger partial charge in [0.1, 0.15) is 0 Å². The van der Waals surface area contributed by atoms with E-state index in [1.807, 2.05) is 18.2 Å². The lowest BCUT2D eigenvalue weighted by Gasteiger charge is -2.33. The monoisotopic (exact) mass is 287 g/mol. The van der Waals surface area contributed by atoms with Crippen molar-refractivity contribution in [1.82, 2.24) is 5.32 Å². The smallest absolute Gasteiger partial charge is 0.0595 e. The summed E-state index contributed by atoms with van der Waals surface area (Å²) in [5, 5.41) is 14.0. The van der Waals surface area contributed by atoms with E-state index in [4.69, 9.17) is 23.2 Å². The fourth-order valence-corrected chi connectivity index (χ4v) is 2.71. The Morgan fingerprint density at radius 1 is 1.33 bits per heavy atom. The Labute approximate surface area is 118 Å². The Balaban J connectivity index is 1.92. The summed E-state index contributed by atoms with van der Waals surface area (Å²) in [4.78, 5) is 0. The van der Waals surface area contributed by atoms with Gasteiger partial charge in [-0.1, -0.05) is 36.2 Å². The molecular formula is C14H19Cl2NO. The normalized spacial score (nSPS) is 24.7. The van der Waals surface area contributed by atoms with Crippen LogP contribution in [0.25, 0.3) is 0 Å². The SMILES string of the molecule is CCC(NCC1CC(O)C1)c1ccc(Cl)c(Cl)c1. The van der Waals surface area contributed by atoms with Crippen molar-refractivity contribution in [3.05, 3.63) is 33.8 Å². The Morgan fingerprint density at radius 3 is 2.61 bits per heavy atom. The van der Waals surface area contributed by atoms with Gasteiger partial charge in [0.05, 0.1) is 16.1 Å². The highest BCUT2D eigenvalue weighted by molar-refractivity contribution is 6.42. The molecule has 0 spiro atoms. The molecule has 1 aliphatic rings. The standard InChI is InChI=1S/C14H19Cl2NO/c1-2-14(17-8-9-5-11(18)6-9)10-3-4-12(15)13(16)7-10/h3-4,7,9,11,14,17-18H,2,5-6,8H2,1H3. The first-order valence-corrected chi connectivity index (χ1v) is 7.22. The predicted octanol–water partition coefficient (Wildman–Crippen LogP) is 3.81. The minimum atomic E-state index is -0.0816. The Hall–Kier alpha value is -0.280. The fraction of sp³-hybridized carbons (Fsp3) is 0.571. The van der Waals surface area contributed by atoms with E-state index in [-0.39, 0.29) is 6.10 Å². The first-order valence-electron chi connectivity index (χ1n) is 6.46. The third-order valence-corrected chi connectivity index (χ3v) is 4.36. The molecule has 1 saturated carbocycles. The molecule has 1 fully saturated rings. The van der Waals surface area contributed by atoms with E-state index in [0.29, 0.717) is 22.0 Å². The van der Waals surface area contributed by atoms with Gasteiger partial charge in [-0.25, -0.2) is 0 Å². The van der Waals surface area contributed by atoms with Crippen LogP contribution < -0.4 is 5.32 Å². The third kappa shape index (κ3) is 3.39. The molecule has 0 saturated heterocycles. The van der Waals surface area contributed by atoms with E-state index in [1.165, 1.54) is 5.56 Å². The van der Waals surface area contributed by atoms with Gasteiger partial charge in [-0.2, -0.15) is 0 Å². The van der Waals surface area contributed by atoms with E-state index in [9.17, 15) is 5.11 Å². The third-order valence-electron chi connectivity index (χ3n) is 3.62. The minimum absolute atomic E-state index is 0.0816. The van der Waals surface area contributed by atoms with Crippen LogP contribution in [0.3, 0.4) is 0 Å². The summed E-state index contributed by atoms with van der Waals surface area (Å²) >= 11 is 12.0. The van der Waals surface area contributed by atoms with Crippen molar-refractivity contribution in [1.29, 1.82) is 0 Å². The molecule has 2 rings (SSSR count). The van der Waals surface area contributed by atoms with Gasteiger partial charge in [-0.05, 0) is 49.4 Å². The Kier molecular flexibility index (Phi) is 4.91. The molecule has 18 heavy (non-hydrogen) atoms. The van der Waals surface area contributed by atoms with Crippen molar-refractivity contribution < 1.29 is 5.11 Å². The van der Waals surface area contributed by atoms with E-state index in [1.54, 1.807) is 0 Å². The number of benzene rings is 1. The summed E-state index contributed by atoms with van der Waals surface area (Å²) in [5.41, 5.74) is 1.17. The van der Waals surface area contributed by atoms with Crippen LogP contribution in [0.1, 0.15) is 37.8 Å². The highest BCUT2D eigenvalue weighted by Crippen LogP contribution is 2.29. The van der Waals surface area contributed by atoms with Crippen molar-refractivity contribution in [3.63, 3.8) is 0 Å². The van der Waals surface area contributed by atoms with Gasteiger partial charge in [0.2, 0.25) is 0 Å². The second-order valence-corrected chi connectivity index (χ2v) is 5.85. The molecule has 0 aromatic heterocycles. The Bertz CT molecular complexity index is 405. The quantitative estimate of drug-likeness (QED) is 0.863. The molecule has 0 radical (unpaired) electrons. The maximum Gasteiger partial charge on any atom is 0.0595 e. The molecular weight excluding hydrogens is 269 g/mol. The van der Waals surface area contributed by atoms with Gasteiger partial charge in [0.15, 0.2) is 0 Å². The first kappa shape index (κ1) is 14.1. The number of aliphatic hydroxyl groups is 1. The van der Waals surface area contributed by atoms with Crippen LogP contribution in [0, 0.1) is 5.92 Å². The molecule has 0 bridgehead atoms. The van der Waals surface area contributed by atoms with Crippen LogP contribution in [0.4, 0.5) is 0 Å². The molecule has 1 unspecified atom stereocenters. The summed E-state index contributed by atoms with van der Waals surface area (Å²) in [6, 6.07) is 6.10. The molecule has 0 aliphatic heterocycles. The van der Waals surface area contributed by atoms with Crippen LogP contribution in [0.5, 0.6) is 0 Å². The zero-order valence-electron chi connectivity index (χ0n) is 10.5. The lowest BCUT2D eigenvalue weighted by molar-refractivity contribution is 0.0418. The number of halogens is 2. The van der Waals surface area contributed by atoms with Crippen molar-refractivity contribution in [2.45, 2.75) is 38.3 Å². The van der Waals surface area contributed by atoms with E-state index < -0.39 is 0 Å². The average Bonchev–Trinajstić information content (AvgIpc) is 2.31. The van der Waals surface area contributed by atoms with E-state index >= 15 is 0 Å². The number of hydrogen-bond acceptors (Lipinski definition) is 2. The summed E-state index contributed by atoms with van der Waals surface area (Å²) < 4.78 is 0. The molecule has 2 N–H and O–H groups in total. The van der Waals surface area contributed by atoms with Crippen molar-refractivity contribution in [3.8, 4) is 0 Å². The van der Waals surface area contributed by atoms with Gasteiger partial charge in [-0.3, -0.25) is 0 Å². The molecule has 1 aliphatic carbocycles. The minimum Gasteiger partial charge on any atom is -0.393 e. The molecule has 2 nitrogen and oxygen atoms in total. The predicted molar refractivity (Wildman–Crippen MR) is 76.2 cm³/mol. The highest BCUT2D eigenvalue weighted by atomic mass is 35.5. The number of aliphatic hydroxyl groups excluding tert-OH is 1.